The Labute approximate surface area is 220 Å². The number of pyridine rings is 2. The molecule has 0 atom stereocenters. The van der Waals surface area contributed by atoms with E-state index >= 15 is 0 Å². The summed E-state index contributed by atoms with van der Waals surface area (Å²) in [5, 5.41) is 1.66. The van der Waals surface area contributed by atoms with Gasteiger partial charge >= 0.3 is 0 Å². The minimum Gasteiger partial charge on any atom is -0.397 e. The molecule has 5 heterocycles. The van der Waals surface area contributed by atoms with E-state index in [1.54, 1.807) is 17.4 Å². The fourth-order valence-electron chi connectivity index (χ4n) is 5.16. The summed E-state index contributed by atoms with van der Waals surface area (Å²) in [6.07, 6.45) is 16.4. The van der Waals surface area contributed by atoms with Gasteiger partial charge in [0.05, 0.1) is 48.4 Å². The van der Waals surface area contributed by atoms with E-state index in [1.807, 2.05) is 12.4 Å². The summed E-state index contributed by atoms with van der Waals surface area (Å²) < 4.78 is 5.57. The van der Waals surface area contributed by atoms with Crippen molar-refractivity contribution in [3.8, 4) is 0 Å². The number of nitrogens with zero attached hydrogens (tertiary/aromatic N) is 5. The molecule has 0 spiro atoms. The number of piperidine rings is 1. The average Bonchev–Trinajstić information content (AvgIpc) is 3.61. The molecule has 3 saturated heterocycles. The molecule has 1 aliphatic carbocycles. The van der Waals surface area contributed by atoms with E-state index in [0.717, 1.165) is 55.6 Å². The summed E-state index contributed by atoms with van der Waals surface area (Å²) in [7, 11) is 0. The molecule has 1 saturated carbocycles. The van der Waals surface area contributed by atoms with Crippen molar-refractivity contribution in [1.29, 1.82) is 0 Å². The number of aromatic nitrogens is 2. The van der Waals surface area contributed by atoms with Gasteiger partial charge in [-0.05, 0) is 75.6 Å². The van der Waals surface area contributed by atoms with Crippen molar-refractivity contribution in [2.45, 2.75) is 50.5 Å². The Bertz CT molecular complexity index is 1040. The van der Waals surface area contributed by atoms with E-state index in [0.29, 0.717) is 18.9 Å². The lowest BCUT2D eigenvalue weighted by Gasteiger charge is -2.46. The minimum atomic E-state index is -0.509. The van der Waals surface area contributed by atoms with E-state index in [2.05, 4.69) is 33.0 Å². The molecular weight excluding hydrogens is 464 g/mol. The van der Waals surface area contributed by atoms with Crippen LogP contribution in [0.25, 0.3) is 5.70 Å². The maximum Gasteiger partial charge on any atom is 0.143 e. The molecule has 200 valence electrons. The third kappa shape index (κ3) is 6.00. The summed E-state index contributed by atoms with van der Waals surface area (Å²) in [5.41, 5.74) is 15.8. The van der Waals surface area contributed by atoms with Gasteiger partial charge in [0.15, 0.2) is 0 Å². The summed E-state index contributed by atoms with van der Waals surface area (Å²) in [6, 6.07) is 6.32. The lowest BCUT2D eigenvalue weighted by atomic mass is 9.91. The van der Waals surface area contributed by atoms with Crippen LogP contribution in [0.2, 0.25) is 0 Å². The zero-order valence-corrected chi connectivity index (χ0v) is 21.9. The Morgan fingerprint density at radius 3 is 2.19 bits per heavy atom. The van der Waals surface area contributed by atoms with Crippen LogP contribution in [0.15, 0.2) is 43.0 Å². The second-order valence-electron chi connectivity index (χ2n) is 10.8. The largest absolute Gasteiger partial charge is 0.397 e. The van der Waals surface area contributed by atoms with E-state index in [-0.39, 0.29) is 0 Å². The molecule has 6 rings (SSSR count). The van der Waals surface area contributed by atoms with E-state index in [9.17, 15) is 0 Å². The predicted molar refractivity (Wildman–Crippen MR) is 148 cm³/mol. The average molecular weight is 507 g/mol. The van der Waals surface area contributed by atoms with E-state index in [4.69, 9.17) is 27.0 Å². The van der Waals surface area contributed by atoms with Gasteiger partial charge in [0, 0.05) is 44.1 Å². The van der Waals surface area contributed by atoms with Gasteiger partial charge in [-0.3, -0.25) is 15.0 Å². The van der Waals surface area contributed by atoms with Crippen LogP contribution in [0, 0.1) is 5.92 Å². The van der Waals surface area contributed by atoms with E-state index in [1.165, 1.54) is 50.6 Å². The van der Waals surface area contributed by atoms with E-state index < -0.39 is 5.54 Å². The number of hydrazine groups is 1. The highest BCUT2D eigenvalue weighted by molar-refractivity contribution is 5.65. The van der Waals surface area contributed by atoms with Crippen molar-refractivity contribution in [3.63, 3.8) is 0 Å². The maximum atomic E-state index is 6.54. The van der Waals surface area contributed by atoms with Gasteiger partial charge < -0.3 is 26.0 Å². The van der Waals surface area contributed by atoms with Gasteiger partial charge in [-0.2, -0.15) is 0 Å². The van der Waals surface area contributed by atoms with Crippen molar-refractivity contribution >= 4 is 17.1 Å². The molecule has 0 unspecified atom stereocenters. The second kappa shape index (κ2) is 11.7. The Kier molecular flexibility index (Phi) is 8.12. The number of ether oxygens (including phenoxy) is 1. The number of hydrogen-bond donors (Lipinski definition) is 3. The highest BCUT2D eigenvalue weighted by Gasteiger charge is 2.45. The molecule has 37 heavy (non-hydrogen) atoms. The quantitative estimate of drug-likeness (QED) is 0.384. The van der Waals surface area contributed by atoms with Crippen molar-refractivity contribution < 1.29 is 4.74 Å². The SMILES string of the molecule is N/C(=C\N(N)C1(c2ccc(N3CCCCC3)cn2)COC1)c1cncc(N2CCCC2)c1.NCC1CC1. The van der Waals surface area contributed by atoms with Gasteiger partial charge in [-0.1, -0.05) is 0 Å². The van der Waals surface area contributed by atoms with Crippen LogP contribution in [0.4, 0.5) is 11.4 Å². The molecule has 0 amide bonds. The van der Waals surface area contributed by atoms with Crippen molar-refractivity contribution in [2.24, 2.45) is 23.2 Å². The number of anilines is 2. The van der Waals surface area contributed by atoms with Gasteiger partial charge in [0.1, 0.15) is 5.54 Å². The molecule has 2 aromatic rings. The second-order valence-corrected chi connectivity index (χ2v) is 10.8. The summed E-state index contributed by atoms with van der Waals surface area (Å²) in [6.45, 7) is 6.21. The zero-order chi connectivity index (χ0) is 25.7. The first kappa shape index (κ1) is 25.8. The van der Waals surface area contributed by atoms with Crippen molar-refractivity contribution in [3.05, 3.63) is 54.2 Å². The Balaban J connectivity index is 0.000000503. The Morgan fingerprint density at radius 2 is 1.65 bits per heavy atom. The smallest absolute Gasteiger partial charge is 0.143 e. The van der Waals surface area contributed by atoms with Gasteiger partial charge in [0.2, 0.25) is 0 Å². The number of rotatable bonds is 7. The molecule has 4 fully saturated rings. The monoisotopic (exact) mass is 506 g/mol. The molecule has 3 aliphatic heterocycles. The van der Waals surface area contributed by atoms with Crippen LogP contribution < -0.4 is 27.1 Å². The molecule has 2 aromatic heterocycles. The first-order valence-corrected chi connectivity index (χ1v) is 13.8. The van der Waals surface area contributed by atoms with Crippen LogP contribution in [0.5, 0.6) is 0 Å². The van der Waals surface area contributed by atoms with Crippen LogP contribution in [-0.2, 0) is 10.3 Å². The number of hydrogen-bond acceptors (Lipinski definition) is 9. The first-order chi connectivity index (χ1) is 18.1. The fourth-order valence-corrected chi connectivity index (χ4v) is 5.16. The van der Waals surface area contributed by atoms with Crippen LogP contribution in [-0.4, -0.2) is 60.9 Å². The third-order valence-electron chi connectivity index (χ3n) is 7.96. The minimum absolute atomic E-state index is 0.482. The third-order valence-corrected chi connectivity index (χ3v) is 7.96. The Morgan fingerprint density at radius 1 is 0.973 bits per heavy atom. The van der Waals surface area contributed by atoms with Crippen LogP contribution in [0.1, 0.15) is 56.2 Å². The molecule has 0 radical (unpaired) electrons. The standard InChI is InChI=1S/C24H33N7O.C4H9N/c25-22(19-12-21(14-27-13-19)30-10-4-5-11-30)16-31(26)24(17-32-18-24)23-7-6-20(15-28-23)29-8-2-1-3-9-29;5-3-4-1-2-4/h6-7,12-16H,1-5,8-11,17-18,25-26H2;4H,1-3,5H2/b22-16-;. The van der Waals surface area contributed by atoms with Gasteiger partial charge in [-0.15, -0.1) is 0 Å². The lowest BCUT2D eigenvalue weighted by Crippen LogP contribution is -2.60. The highest BCUT2D eigenvalue weighted by atomic mass is 16.5. The normalized spacial score (nSPS) is 21.2. The molecule has 6 N–H and O–H groups in total. The molecular formula is C28H42N8O. The lowest BCUT2D eigenvalue weighted by molar-refractivity contribution is -0.133. The first-order valence-electron chi connectivity index (χ1n) is 13.8. The topological polar surface area (TPSA) is 123 Å². The predicted octanol–water partition coefficient (Wildman–Crippen LogP) is 2.78. The van der Waals surface area contributed by atoms with Crippen molar-refractivity contribution in [1.82, 2.24) is 15.0 Å². The Hall–Kier alpha value is -2.88. The summed E-state index contributed by atoms with van der Waals surface area (Å²) >= 11 is 0. The van der Waals surface area contributed by atoms with Crippen LogP contribution in [0.3, 0.4) is 0 Å². The molecule has 9 heteroatoms. The maximum absolute atomic E-state index is 6.54. The van der Waals surface area contributed by atoms with Crippen molar-refractivity contribution in [2.75, 3.05) is 55.7 Å². The van der Waals surface area contributed by atoms with Crippen LogP contribution >= 0.6 is 0 Å². The molecule has 9 nitrogen and oxygen atoms in total. The van der Waals surface area contributed by atoms with Gasteiger partial charge in [0.25, 0.3) is 0 Å². The van der Waals surface area contributed by atoms with Gasteiger partial charge in [-0.25, -0.2) is 5.84 Å². The summed E-state index contributed by atoms with van der Waals surface area (Å²) in [4.78, 5) is 13.9. The molecule has 0 aromatic carbocycles. The summed E-state index contributed by atoms with van der Waals surface area (Å²) in [5.74, 6) is 7.45. The highest BCUT2D eigenvalue weighted by Crippen LogP contribution is 2.35. The molecule has 4 aliphatic rings. The number of nitrogens with two attached hydrogens (primary N) is 3. The fraction of sp³-hybridized carbons (Fsp3) is 0.571. The molecule has 0 bridgehead atoms. The zero-order valence-electron chi connectivity index (χ0n) is 21.9.